The minimum absolute atomic E-state index is 0.0639. The number of ether oxygens (including phenoxy) is 1. The highest BCUT2D eigenvalue weighted by Crippen LogP contribution is 2.25. The molecule has 1 unspecified atom stereocenters. The summed E-state index contributed by atoms with van der Waals surface area (Å²) in [6, 6.07) is 15.1. The molecule has 0 fully saturated rings. The summed E-state index contributed by atoms with van der Waals surface area (Å²) in [5.74, 6) is 0.664. The number of benzene rings is 1. The lowest BCUT2D eigenvalue weighted by Gasteiger charge is -2.21. The fourth-order valence-corrected chi connectivity index (χ4v) is 3.24. The lowest BCUT2D eigenvalue weighted by Crippen LogP contribution is -2.39. The summed E-state index contributed by atoms with van der Waals surface area (Å²) >= 11 is 0. The van der Waals surface area contributed by atoms with Gasteiger partial charge in [0.25, 0.3) is 0 Å². The van der Waals surface area contributed by atoms with Gasteiger partial charge in [-0.2, -0.15) is 0 Å². The topological polar surface area (TPSA) is 76.1 Å². The largest absolute Gasteiger partial charge is 0.494 e. The average molecular weight is 405 g/mol. The second-order valence-corrected chi connectivity index (χ2v) is 6.86. The first kappa shape index (κ1) is 21.5. The van der Waals surface area contributed by atoms with Crippen molar-refractivity contribution in [3.8, 4) is 5.75 Å². The van der Waals surface area contributed by atoms with Crippen LogP contribution in [-0.2, 0) is 17.6 Å². The Labute approximate surface area is 177 Å². The minimum Gasteiger partial charge on any atom is -0.494 e. The van der Waals surface area contributed by atoms with E-state index in [4.69, 9.17) is 4.74 Å². The maximum absolute atomic E-state index is 13.1. The first-order valence-corrected chi connectivity index (χ1v) is 10.3. The molecule has 2 heterocycles. The number of para-hydroxylation sites is 1. The number of carbonyl (C=O) groups is 1. The van der Waals surface area contributed by atoms with Gasteiger partial charge >= 0.3 is 0 Å². The quantitative estimate of drug-likeness (QED) is 0.514. The molecular formula is C24H28N4O2. The Morgan fingerprint density at radius 2 is 1.50 bits per heavy atom. The maximum atomic E-state index is 13.1. The van der Waals surface area contributed by atoms with Gasteiger partial charge in [0.05, 0.1) is 6.61 Å². The first-order valence-electron chi connectivity index (χ1n) is 10.3. The van der Waals surface area contributed by atoms with E-state index in [1.807, 2.05) is 55.5 Å². The molecule has 2 N–H and O–H groups in total. The number of amides is 1. The third-order valence-electron chi connectivity index (χ3n) is 4.77. The molecule has 3 aromatic rings. The van der Waals surface area contributed by atoms with Crippen LogP contribution >= 0.6 is 0 Å². The van der Waals surface area contributed by atoms with Crippen molar-refractivity contribution >= 4 is 5.91 Å². The molecular weight excluding hydrogens is 376 g/mol. The normalized spacial score (nSPS) is 11.6. The second-order valence-electron chi connectivity index (χ2n) is 6.86. The van der Waals surface area contributed by atoms with E-state index in [1.165, 1.54) is 5.56 Å². The van der Waals surface area contributed by atoms with Crippen LogP contribution in [0.5, 0.6) is 5.75 Å². The lowest BCUT2D eigenvalue weighted by atomic mass is 10.0. The fraction of sp³-hybridized carbons (Fsp3) is 0.292. The van der Waals surface area contributed by atoms with Crippen LogP contribution in [-0.4, -0.2) is 35.6 Å². The Bertz CT molecular complexity index is 903. The van der Waals surface area contributed by atoms with Crippen molar-refractivity contribution in [3.05, 3.63) is 90.0 Å². The molecule has 0 aliphatic carbocycles. The van der Waals surface area contributed by atoms with Crippen LogP contribution < -0.4 is 15.4 Å². The zero-order valence-corrected chi connectivity index (χ0v) is 17.3. The standard InChI is InChI=1S/C24H28N4O2/c1-2-30-22-6-4-3-5-21(22)23(27-17-11-19-7-13-25-14-8-19)24(29)28-18-12-20-9-15-26-16-10-20/h3-10,13-16,23,27H,2,11-12,17-18H2,1H3,(H,28,29). The molecule has 0 aliphatic rings. The van der Waals surface area contributed by atoms with Gasteiger partial charge in [-0.1, -0.05) is 18.2 Å². The smallest absolute Gasteiger partial charge is 0.241 e. The molecule has 6 nitrogen and oxygen atoms in total. The molecule has 0 aliphatic heterocycles. The van der Waals surface area contributed by atoms with Gasteiger partial charge in [-0.05, 0) is 61.2 Å². The van der Waals surface area contributed by atoms with Crippen LogP contribution in [0.15, 0.2) is 73.3 Å². The van der Waals surface area contributed by atoms with Crippen LogP contribution in [0, 0.1) is 0 Å². The van der Waals surface area contributed by atoms with E-state index in [0.717, 1.165) is 29.7 Å². The van der Waals surface area contributed by atoms with E-state index in [-0.39, 0.29) is 5.91 Å². The van der Waals surface area contributed by atoms with Crippen molar-refractivity contribution in [2.45, 2.75) is 25.8 Å². The number of rotatable bonds is 11. The van der Waals surface area contributed by atoms with Gasteiger partial charge in [0.2, 0.25) is 5.91 Å². The molecule has 0 saturated heterocycles. The molecule has 1 aromatic carbocycles. The van der Waals surface area contributed by atoms with Crippen molar-refractivity contribution in [1.29, 1.82) is 0 Å². The van der Waals surface area contributed by atoms with Crippen molar-refractivity contribution in [1.82, 2.24) is 20.6 Å². The van der Waals surface area contributed by atoms with Crippen LogP contribution in [0.3, 0.4) is 0 Å². The number of hydrogen-bond acceptors (Lipinski definition) is 5. The van der Waals surface area contributed by atoms with Gasteiger partial charge in [0.1, 0.15) is 11.8 Å². The Morgan fingerprint density at radius 1 is 0.900 bits per heavy atom. The van der Waals surface area contributed by atoms with Crippen molar-refractivity contribution in [2.75, 3.05) is 19.7 Å². The summed E-state index contributed by atoms with van der Waals surface area (Å²) in [7, 11) is 0. The molecule has 0 bridgehead atoms. The van der Waals surface area contributed by atoms with Crippen LogP contribution in [0.2, 0.25) is 0 Å². The van der Waals surface area contributed by atoms with E-state index >= 15 is 0 Å². The average Bonchev–Trinajstić information content (AvgIpc) is 2.79. The molecule has 2 aromatic heterocycles. The van der Waals surface area contributed by atoms with E-state index in [2.05, 4.69) is 20.6 Å². The van der Waals surface area contributed by atoms with Gasteiger partial charge < -0.3 is 15.4 Å². The summed E-state index contributed by atoms with van der Waals surface area (Å²) < 4.78 is 5.77. The highest BCUT2D eigenvalue weighted by Gasteiger charge is 2.23. The lowest BCUT2D eigenvalue weighted by molar-refractivity contribution is -0.123. The number of pyridine rings is 2. The monoisotopic (exact) mass is 404 g/mol. The predicted molar refractivity (Wildman–Crippen MR) is 117 cm³/mol. The molecule has 6 heteroatoms. The third kappa shape index (κ3) is 6.39. The van der Waals surface area contributed by atoms with Gasteiger partial charge in [-0.15, -0.1) is 0 Å². The molecule has 0 radical (unpaired) electrons. The number of hydrogen-bond donors (Lipinski definition) is 2. The van der Waals surface area contributed by atoms with Crippen molar-refractivity contribution in [2.24, 2.45) is 0 Å². The van der Waals surface area contributed by atoms with Gasteiger partial charge in [0.15, 0.2) is 0 Å². The molecule has 156 valence electrons. The van der Waals surface area contributed by atoms with Gasteiger partial charge in [-0.25, -0.2) is 0 Å². The predicted octanol–water partition coefficient (Wildman–Crippen LogP) is 3.11. The van der Waals surface area contributed by atoms with Crippen LogP contribution in [0.1, 0.15) is 29.7 Å². The highest BCUT2D eigenvalue weighted by atomic mass is 16.5. The third-order valence-corrected chi connectivity index (χ3v) is 4.77. The first-order chi connectivity index (χ1) is 14.8. The maximum Gasteiger partial charge on any atom is 0.241 e. The molecule has 0 saturated carbocycles. The molecule has 1 atom stereocenters. The number of carbonyl (C=O) groups excluding carboxylic acids is 1. The fourth-order valence-electron chi connectivity index (χ4n) is 3.24. The van der Waals surface area contributed by atoms with E-state index in [9.17, 15) is 4.79 Å². The second kappa shape index (κ2) is 11.7. The Hall–Kier alpha value is -3.25. The molecule has 3 rings (SSSR count). The summed E-state index contributed by atoms with van der Waals surface area (Å²) in [6.45, 7) is 3.71. The van der Waals surface area contributed by atoms with E-state index < -0.39 is 6.04 Å². The van der Waals surface area contributed by atoms with Crippen LogP contribution in [0.25, 0.3) is 0 Å². The number of aromatic nitrogens is 2. The zero-order chi connectivity index (χ0) is 21.0. The zero-order valence-electron chi connectivity index (χ0n) is 17.3. The van der Waals surface area contributed by atoms with Crippen molar-refractivity contribution in [3.63, 3.8) is 0 Å². The molecule has 1 amide bonds. The van der Waals surface area contributed by atoms with E-state index in [0.29, 0.717) is 19.7 Å². The Balaban J connectivity index is 1.67. The van der Waals surface area contributed by atoms with Gasteiger partial charge in [0, 0.05) is 43.4 Å². The SMILES string of the molecule is CCOc1ccccc1C(NCCc1ccncc1)C(=O)NCCc1ccncc1. The van der Waals surface area contributed by atoms with Gasteiger partial charge in [-0.3, -0.25) is 14.8 Å². The highest BCUT2D eigenvalue weighted by molar-refractivity contribution is 5.84. The molecule has 0 spiro atoms. The summed E-state index contributed by atoms with van der Waals surface area (Å²) in [5.41, 5.74) is 3.16. The number of nitrogens with zero attached hydrogens (tertiary/aromatic N) is 2. The summed E-state index contributed by atoms with van der Waals surface area (Å²) in [5, 5.41) is 6.47. The Kier molecular flexibility index (Phi) is 8.35. The summed E-state index contributed by atoms with van der Waals surface area (Å²) in [4.78, 5) is 21.2. The summed E-state index contributed by atoms with van der Waals surface area (Å²) in [6.07, 6.45) is 8.65. The Morgan fingerprint density at radius 3 is 2.13 bits per heavy atom. The van der Waals surface area contributed by atoms with Crippen molar-refractivity contribution < 1.29 is 9.53 Å². The van der Waals surface area contributed by atoms with E-state index in [1.54, 1.807) is 24.8 Å². The van der Waals surface area contributed by atoms with Crippen LogP contribution in [0.4, 0.5) is 0 Å². The number of nitrogens with one attached hydrogen (secondary N) is 2. The minimum atomic E-state index is -0.493. The molecule has 30 heavy (non-hydrogen) atoms.